The Morgan fingerprint density at radius 1 is 1.28 bits per heavy atom. The van der Waals surface area contributed by atoms with Crippen molar-refractivity contribution >= 4 is 11.9 Å². The molecule has 0 atom stereocenters. The van der Waals surface area contributed by atoms with E-state index in [1.54, 1.807) is 0 Å². The lowest BCUT2D eigenvalue weighted by Gasteiger charge is -2.31. The maximum atomic E-state index is 11.4. The molecule has 0 aromatic rings. The van der Waals surface area contributed by atoms with Crippen molar-refractivity contribution in [1.29, 1.82) is 5.41 Å². The standard InChI is InChI=1S/C14H25NO3/c1-5-14(2,3)13(15)18-11-8-6-10(7-9-11)12(16)17-4/h10-11,15H,5-9H2,1-4H3. The van der Waals surface area contributed by atoms with E-state index >= 15 is 0 Å². The summed E-state index contributed by atoms with van der Waals surface area (Å²) in [7, 11) is 1.43. The van der Waals surface area contributed by atoms with Gasteiger partial charge < -0.3 is 9.47 Å². The van der Waals surface area contributed by atoms with Gasteiger partial charge in [-0.15, -0.1) is 0 Å². The van der Waals surface area contributed by atoms with Crippen molar-refractivity contribution in [3.05, 3.63) is 0 Å². The fourth-order valence-electron chi connectivity index (χ4n) is 2.07. The Bertz CT molecular complexity index is 304. The molecule has 0 unspecified atom stereocenters. The molecule has 1 N–H and O–H groups in total. The van der Waals surface area contributed by atoms with Crippen molar-refractivity contribution in [1.82, 2.24) is 0 Å². The Hall–Kier alpha value is -1.06. The van der Waals surface area contributed by atoms with E-state index in [0.717, 1.165) is 32.1 Å². The molecule has 4 heteroatoms. The lowest BCUT2D eigenvalue weighted by molar-refractivity contribution is -0.147. The molecule has 1 aliphatic carbocycles. The molecule has 0 bridgehead atoms. The summed E-state index contributed by atoms with van der Waals surface area (Å²) >= 11 is 0. The summed E-state index contributed by atoms with van der Waals surface area (Å²) in [6.07, 6.45) is 4.26. The van der Waals surface area contributed by atoms with Gasteiger partial charge in [0, 0.05) is 5.41 Å². The summed E-state index contributed by atoms with van der Waals surface area (Å²) in [5.74, 6) is 0.271. The van der Waals surface area contributed by atoms with Crippen LogP contribution in [0.15, 0.2) is 0 Å². The van der Waals surface area contributed by atoms with Gasteiger partial charge >= 0.3 is 5.97 Å². The van der Waals surface area contributed by atoms with Crippen LogP contribution in [0.1, 0.15) is 52.9 Å². The summed E-state index contributed by atoms with van der Waals surface area (Å²) in [5.41, 5.74) is -0.195. The van der Waals surface area contributed by atoms with E-state index in [4.69, 9.17) is 14.9 Å². The fourth-order valence-corrected chi connectivity index (χ4v) is 2.07. The average Bonchev–Trinajstić information content (AvgIpc) is 2.38. The number of carbonyl (C=O) groups excluding carboxylic acids is 1. The van der Waals surface area contributed by atoms with Gasteiger partial charge in [-0.05, 0) is 32.1 Å². The van der Waals surface area contributed by atoms with Crippen molar-refractivity contribution in [2.45, 2.75) is 59.0 Å². The van der Waals surface area contributed by atoms with Crippen LogP contribution in [0.5, 0.6) is 0 Å². The van der Waals surface area contributed by atoms with E-state index < -0.39 is 0 Å². The summed E-state index contributed by atoms with van der Waals surface area (Å²) in [5, 5.41) is 7.98. The summed E-state index contributed by atoms with van der Waals surface area (Å²) in [4.78, 5) is 11.4. The van der Waals surface area contributed by atoms with Crippen LogP contribution in [0.25, 0.3) is 0 Å². The maximum absolute atomic E-state index is 11.4. The number of esters is 1. The fraction of sp³-hybridized carbons (Fsp3) is 0.857. The minimum Gasteiger partial charge on any atom is -0.477 e. The zero-order chi connectivity index (χ0) is 13.8. The largest absolute Gasteiger partial charge is 0.477 e. The summed E-state index contributed by atoms with van der Waals surface area (Å²) in [6, 6.07) is 0. The Kier molecular flexibility index (Phi) is 5.17. The molecule has 0 aromatic carbocycles. The number of rotatable bonds is 4. The first-order valence-corrected chi connectivity index (χ1v) is 6.74. The second-order valence-electron chi connectivity index (χ2n) is 5.68. The number of ether oxygens (including phenoxy) is 2. The molecule has 104 valence electrons. The van der Waals surface area contributed by atoms with Gasteiger partial charge in [0.05, 0.1) is 13.0 Å². The van der Waals surface area contributed by atoms with Crippen molar-refractivity contribution < 1.29 is 14.3 Å². The van der Waals surface area contributed by atoms with Crippen molar-refractivity contribution in [3.63, 3.8) is 0 Å². The first kappa shape index (κ1) is 15.0. The molecule has 0 saturated heterocycles. The summed E-state index contributed by atoms with van der Waals surface area (Å²) < 4.78 is 10.5. The van der Waals surface area contributed by atoms with Gasteiger partial charge in [0.15, 0.2) is 5.90 Å². The Morgan fingerprint density at radius 3 is 2.28 bits per heavy atom. The molecule has 0 spiro atoms. The number of hydrogen-bond donors (Lipinski definition) is 1. The Morgan fingerprint density at radius 2 is 1.83 bits per heavy atom. The topological polar surface area (TPSA) is 59.4 Å². The highest BCUT2D eigenvalue weighted by Gasteiger charge is 2.31. The van der Waals surface area contributed by atoms with E-state index in [1.165, 1.54) is 7.11 Å². The summed E-state index contributed by atoms with van der Waals surface area (Å²) in [6.45, 7) is 6.11. The molecule has 18 heavy (non-hydrogen) atoms. The quantitative estimate of drug-likeness (QED) is 0.477. The van der Waals surface area contributed by atoms with Crippen LogP contribution in [0.3, 0.4) is 0 Å². The second kappa shape index (κ2) is 6.21. The predicted molar refractivity (Wildman–Crippen MR) is 70.6 cm³/mol. The smallest absolute Gasteiger partial charge is 0.308 e. The van der Waals surface area contributed by atoms with Gasteiger partial charge in [-0.3, -0.25) is 10.2 Å². The first-order valence-electron chi connectivity index (χ1n) is 6.74. The molecule has 0 heterocycles. The van der Waals surface area contributed by atoms with E-state index in [-0.39, 0.29) is 23.4 Å². The molecule has 0 aliphatic heterocycles. The highest BCUT2D eigenvalue weighted by molar-refractivity contribution is 5.79. The molecular formula is C14H25NO3. The van der Waals surface area contributed by atoms with Gasteiger partial charge in [-0.1, -0.05) is 20.8 Å². The number of hydrogen-bond acceptors (Lipinski definition) is 4. The number of carbonyl (C=O) groups is 1. The molecule has 0 radical (unpaired) electrons. The van der Waals surface area contributed by atoms with Crippen molar-refractivity contribution in [3.8, 4) is 0 Å². The molecule has 1 rings (SSSR count). The van der Waals surface area contributed by atoms with E-state index in [9.17, 15) is 4.79 Å². The highest BCUT2D eigenvalue weighted by atomic mass is 16.5. The first-order chi connectivity index (χ1) is 8.40. The Labute approximate surface area is 110 Å². The molecule has 0 amide bonds. The van der Waals surface area contributed by atoms with E-state index in [1.807, 2.05) is 13.8 Å². The third-order valence-corrected chi connectivity index (χ3v) is 3.99. The van der Waals surface area contributed by atoms with Crippen LogP contribution in [-0.4, -0.2) is 25.1 Å². The molecule has 0 aromatic heterocycles. The van der Waals surface area contributed by atoms with Gasteiger partial charge in [-0.2, -0.15) is 0 Å². The third-order valence-electron chi connectivity index (χ3n) is 3.99. The minimum absolute atomic E-state index is 0.0169. The highest BCUT2D eigenvalue weighted by Crippen LogP contribution is 2.30. The predicted octanol–water partition coefficient (Wildman–Crippen LogP) is 3.15. The molecule has 4 nitrogen and oxygen atoms in total. The van der Waals surface area contributed by atoms with E-state index in [0.29, 0.717) is 5.90 Å². The van der Waals surface area contributed by atoms with Crippen LogP contribution < -0.4 is 0 Å². The monoisotopic (exact) mass is 255 g/mol. The number of methoxy groups -OCH3 is 1. The Balaban J connectivity index is 2.40. The zero-order valence-corrected chi connectivity index (χ0v) is 11.9. The van der Waals surface area contributed by atoms with Crippen LogP contribution in [0.2, 0.25) is 0 Å². The lowest BCUT2D eigenvalue weighted by atomic mass is 9.86. The minimum atomic E-state index is -0.195. The zero-order valence-electron chi connectivity index (χ0n) is 11.9. The maximum Gasteiger partial charge on any atom is 0.308 e. The third kappa shape index (κ3) is 3.72. The normalized spacial score (nSPS) is 24.4. The molecule has 1 fully saturated rings. The average molecular weight is 255 g/mol. The molecule has 1 aliphatic rings. The van der Waals surface area contributed by atoms with Crippen LogP contribution in [-0.2, 0) is 14.3 Å². The van der Waals surface area contributed by atoms with Crippen molar-refractivity contribution in [2.75, 3.05) is 7.11 Å². The molecule has 1 saturated carbocycles. The van der Waals surface area contributed by atoms with Crippen LogP contribution in [0, 0.1) is 16.7 Å². The van der Waals surface area contributed by atoms with Crippen molar-refractivity contribution in [2.24, 2.45) is 11.3 Å². The van der Waals surface area contributed by atoms with Gasteiger partial charge in [0.1, 0.15) is 6.10 Å². The van der Waals surface area contributed by atoms with Crippen LogP contribution >= 0.6 is 0 Å². The SMILES string of the molecule is CCC(C)(C)C(=N)OC1CCC(C(=O)OC)CC1. The van der Waals surface area contributed by atoms with Gasteiger partial charge in [0.2, 0.25) is 0 Å². The lowest BCUT2D eigenvalue weighted by Crippen LogP contribution is -2.33. The molecular weight excluding hydrogens is 230 g/mol. The van der Waals surface area contributed by atoms with Crippen LogP contribution in [0.4, 0.5) is 0 Å². The van der Waals surface area contributed by atoms with E-state index in [2.05, 4.69) is 6.92 Å². The number of nitrogens with one attached hydrogen (secondary N) is 1. The van der Waals surface area contributed by atoms with Gasteiger partial charge in [-0.25, -0.2) is 0 Å². The van der Waals surface area contributed by atoms with Gasteiger partial charge in [0.25, 0.3) is 0 Å². The second-order valence-corrected chi connectivity index (χ2v) is 5.68.